The largest absolute Gasteiger partial charge is 0.494 e. The number of benzene rings is 2. The lowest BCUT2D eigenvalue weighted by atomic mass is 10.1. The summed E-state index contributed by atoms with van der Waals surface area (Å²) in [6.45, 7) is 2.61. The molecular formula is C24H19ClN4O2. The van der Waals surface area contributed by atoms with Crippen LogP contribution in [-0.4, -0.2) is 16.6 Å². The zero-order valence-electron chi connectivity index (χ0n) is 17.7. The second kappa shape index (κ2) is 9.33. The summed E-state index contributed by atoms with van der Waals surface area (Å²) in [6, 6.07) is 16.6. The standard InChI is InChI=1S/C24H19ClN4O2/c1-2-30-19-7-8-20-22(12-19)28-14-16(13-26)24(20)29-17-6-9-23(21(25)11-17)31-15-18-5-3-4-10-27-18/h3-12,14H,2,15H2,1H3,(H,28,29)/i7D. The van der Waals surface area contributed by atoms with Crippen molar-refractivity contribution < 1.29 is 10.8 Å². The van der Waals surface area contributed by atoms with E-state index in [-0.39, 0.29) is 6.04 Å². The van der Waals surface area contributed by atoms with Crippen LogP contribution in [-0.2, 0) is 6.61 Å². The van der Waals surface area contributed by atoms with Gasteiger partial charge in [-0.05, 0) is 49.4 Å². The van der Waals surface area contributed by atoms with Crippen LogP contribution >= 0.6 is 11.6 Å². The smallest absolute Gasteiger partial charge is 0.138 e. The molecule has 0 amide bonds. The summed E-state index contributed by atoms with van der Waals surface area (Å²) < 4.78 is 19.5. The third-order valence-electron chi connectivity index (χ3n) is 4.50. The van der Waals surface area contributed by atoms with Crippen LogP contribution in [0.1, 0.15) is 19.6 Å². The van der Waals surface area contributed by atoms with Gasteiger partial charge in [0.25, 0.3) is 0 Å². The van der Waals surface area contributed by atoms with E-state index in [1.165, 1.54) is 6.20 Å². The maximum atomic E-state index is 9.59. The normalized spacial score (nSPS) is 10.9. The summed E-state index contributed by atoms with van der Waals surface area (Å²) in [6.07, 6.45) is 3.20. The van der Waals surface area contributed by atoms with Gasteiger partial charge < -0.3 is 14.8 Å². The zero-order chi connectivity index (χ0) is 22.5. The van der Waals surface area contributed by atoms with Gasteiger partial charge in [-0.3, -0.25) is 9.97 Å². The van der Waals surface area contributed by atoms with E-state index in [9.17, 15) is 5.26 Å². The van der Waals surface area contributed by atoms with Crippen molar-refractivity contribution in [2.45, 2.75) is 13.5 Å². The highest BCUT2D eigenvalue weighted by molar-refractivity contribution is 6.32. The predicted molar refractivity (Wildman–Crippen MR) is 121 cm³/mol. The average Bonchev–Trinajstić information content (AvgIpc) is 2.80. The van der Waals surface area contributed by atoms with Crippen LogP contribution in [0.3, 0.4) is 0 Å². The molecule has 1 N–H and O–H groups in total. The van der Waals surface area contributed by atoms with Crippen LogP contribution in [0.2, 0.25) is 5.02 Å². The van der Waals surface area contributed by atoms with Gasteiger partial charge in [0.15, 0.2) is 0 Å². The van der Waals surface area contributed by atoms with Crippen molar-refractivity contribution in [3.05, 3.63) is 83.2 Å². The minimum Gasteiger partial charge on any atom is -0.494 e. The van der Waals surface area contributed by atoms with E-state index < -0.39 is 0 Å². The van der Waals surface area contributed by atoms with E-state index in [2.05, 4.69) is 21.4 Å². The molecule has 0 fully saturated rings. The number of pyridine rings is 2. The first-order valence-electron chi connectivity index (χ1n) is 10.1. The van der Waals surface area contributed by atoms with E-state index >= 15 is 0 Å². The summed E-state index contributed by atoms with van der Waals surface area (Å²) in [5.41, 5.74) is 2.99. The zero-order valence-corrected chi connectivity index (χ0v) is 17.5. The molecule has 4 aromatic rings. The Labute approximate surface area is 186 Å². The van der Waals surface area contributed by atoms with Gasteiger partial charge in [-0.1, -0.05) is 17.7 Å². The number of nitriles is 1. The highest BCUT2D eigenvalue weighted by atomic mass is 35.5. The fourth-order valence-electron chi connectivity index (χ4n) is 3.05. The van der Waals surface area contributed by atoms with Crippen LogP contribution in [0.15, 0.2) is 67.0 Å². The van der Waals surface area contributed by atoms with E-state index in [4.69, 9.17) is 22.4 Å². The fourth-order valence-corrected chi connectivity index (χ4v) is 3.28. The SMILES string of the molecule is [2H]c1cc2c(Nc3ccc(OCc4ccccn4)c(Cl)c3)c(C#N)cnc2cc1OCC. The van der Waals surface area contributed by atoms with E-state index in [1.54, 1.807) is 30.5 Å². The lowest BCUT2D eigenvalue weighted by Gasteiger charge is -2.14. The summed E-state index contributed by atoms with van der Waals surface area (Å²) >= 11 is 6.43. The average molecular weight is 432 g/mol. The van der Waals surface area contributed by atoms with Gasteiger partial charge in [0.05, 0.1) is 35.5 Å². The molecule has 6 nitrogen and oxygen atoms in total. The van der Waals surface area contributed by atoms with Crippen molar-refractivity contribution in [2.24, 2.45) is 0 Å². The number of nitrogens with zero attached hydrogens (tertiary/aromatic N) is 3. The number of rotatable bonds is 7. The molecule has 7 heteroatoms. The second-order valence-electron chi connectivity index (χ2n) is 6.57. The molecule has 2 aromatic heterocycles. The maximum absolute atomic E-state index is 9.59. The summed E-state index contributed by atoms with van der Waals surface area (Å²) in [7, 11) is 0. The molecule has 0 unspecified atom stereocenters. The number of ether oxygens (including phenoxy) is 2. The van der Waals surface area contributed by atoms with E-state index in [1.807, 2.05) is 31.2 Å². The molecule has 0 saturated carbocycles. The Bertz CT molecular complexity index is 1310. The highest BCUT2D eigenvalue weighted by Crippen LogP contribution is 2.34. The number of anilines is 2. The Balaban J connectivity index is 1.63. The number of hydrogen-bond donors (Lipinski definition) is 1. The third-order valence-corrected chi connectivity index (χ3v) is 4.79. The first kappa shape index (κ1) is 19.2. The molecule has 31 heavy (non-hydrogen) atoms. The van der Waals surface area contributed by atoms with Crippen LogP contribution < -0.4 is 14.8 Å². The topological polar surface area (TPSA) is 80.1 Å². The number of aromatic nitrogens is 2. The molecule has 0 aliphatic heterocycles. The Kier molecular flexibility index (Phi) is 5.77. The van der Waals surface area contributed by atoms with Crippen LogP contribution in [0, 0.1) is 11.3 Å². The summed E-state index contributed by atoms with van der Waals surface area (Å²) in [5, 5.41) is 13.9. The van der Waals surface area contributed by atoms with E-state index in [0.717, 1.165) is 5.69 Å². The Morgan fingerprint density at radius 2 is 2.06 bits per heavy atom. The maximum Gasteiger partial charge on any atom is 0.138 e. The van der Waals surface area contributed by atoms with Gasteiger partial charge in [0.1, 0.15) is 24.2 Å². The van der Waals surface area contributed by atoms with Gasteiger partial charge in [0.2, 0.25) is 0 Å². The summed E-state index contributed by atoms with van der Waals surface area (Å²) in [4.78, 5) is 8.57. The first-order chi connectivity index (χ1) is 15.6. The molecule has 0 saturated heterocycles. The van der Waals surface area contributed by atoms with E-state index in [0.29, 0.717) is 57.6 Å². The first-order valence-corrected chi connectivity index (χ1v) is 10.0. The van der Waals surface area contributed by atoms with Gasteiger partial charge in [-0.15, -0.1) is 0 Å². The van der Waals surface area contributed by atoms with Crippen LogP contribution in [0.25, 0.3) is 10.9 Å². The van der Waals surface area contributed by atoms with Crippen LogP contribution in [0.4, 0.5) is 11.4 Å². The van der Waals surface area contributed by atoms with Crippen molar-refractivity contribution >= 4 is 33.9 Å². The molecule has 0 bridgehead atoms. The molecule has 0 radical (unpaired) electrons. The third kappa shape index (κ3) is 4.68. The lowest BCUT2D eigenvalue weighted by Crippen LogP contribution is -2.00. The number of nitrogens with one attached hydrogen (secondary N) is 1. The monoisotopic (exact) mass is 431 g/mol. The minimum absolute atomic E-state index is 0.218. The van der Waals surface area contributed by atoms with Crippen molar-refractivity contribution in [1.29, 1.82) is 5.26 Å². The fraction of sp³-hybridized carbons (Fsp3) is 0.125. The molecule has 2 heterocycles. The van der Waals surface area contributed by atoms with Gasteiger partial charge in [0, 0.05) is 29.5 Å². The second-order valence-corrected chi connectivity index (χ2v) is 6.98. The van der Waals surface area contributed by atoms with Gasteiger partial charge in [-0.25, -0.2) is 0 Å². The Morgan fingerprint density at radius 1 is 1.16 bits per heavy atom. The molecule has 154 valence electrons. The Hall–Kier alpha value is -3.82. The number of halogens is 1. The molecular weight excluding hydrogens is 412 g/mol. The number of hydrogen-bond acceptors (Lipinski definition) is 6. The highest BCUT2D eigenvalue weighted by Gasteiger charge is 2.12. The molecule has 0 aliphatic rings. The van der Waals surface area contributed by atoms with Crippen molar-refractivity contribution in [2.75, 3.05) is 11.9 Å². The molecule has 0 spiro atoms. The lowest BCUT2D eigenvalue weighted by molar-refractivity contribution is 0.301. The van der Waals surface area contributed by atoms with Gasteiger partial charge >= 0.3 is 0 Å². The predicted octanol–water partition coefficient (Wildman–Crippen LogP) is 5.88. The van der Waals surface area contributed by atoms with Crippen molar-refractivity contribution in [3.63, 3.8) is 0 Å². The van der Waals surface area contributed by atoms with Crippen LogP contribution in [0.5, 0.6) is 11.5 Å². The molecule has 4 rings (SSSR count). The molecule has 0 atom stereocenters. The molecule has 0 aliphatic carbocycles. The summed E-state index contributed by atoms with van der Waals surface area (Å²) in [5.74, 6) is 0.971. The van der Waals surface area contributed by atoms with Gasteiger partial charge in [-0.2, -0.15) is 5.26 Å². The van der Waals surface area contributed by atoms with Crippen molar-refractivity contribution in [1.82, 2.24) is 9.97 Å². The Morgan fingerprint density at radius 3 is 2.81 bits per heavy atom. The molecule has 2 aromatic carbocycles. The quantitative estimate of drug-likeness (QED) is 0.393. The van der Waals surface area contributed by atoms with Crippen molar-refractivity contribution in [3.8, 4) is 17.6 Å². The minimum atomic E-state index is 0.218. The number of fused-ring (bicyclic) bond motifs is 1.